The zero-order valence-corrected chi connectivity index (χ0v) is 20.1. The van der Waals surface area contributed by atoms with Crippen LogP contribution in [0.3, 0.4) is 0 Å². The number of benzene rings is 3. The molecule has 0 N–H and O–H groups in total. The number of carbonyl (C=O) groups is 1. The standard InChI is InChI=1S/C31H24FNO4/c1-19-9-2-6-15-25(19)36-22-12-8-11-20(17-22)28-27-29(34)23-13-4-7-16-26(23)37-30(27)31(35)33(28)18-21-10-3-5-14-24(21)32/h2-17,19,25,28H,18H2,1H3. The summed E-state index contributed by atoms with van der Waals surface area (Å²) < 4.78 is 26.9. The van der Waals surface area contributed by atoms with E-state index in [0.29, 0.717) is 27.8 Å². The van der Waals surface area contributed by atoms with Gasteiger partial charge in [-0.15, -0.1) is 0 Å². The zero-order valence-electron chi connectivity index (χ0n) is 20.1. The van der Waals surface area contributed by atoms with Crippen LogP contribution in [0.4, 0.5) is 4.39 Å². The van der Waals surface area contributed by atoms with Crippen molar-refractivity contribution < 1.29 is 18.3 Å². The summed E-state index contributed by atoms with van der Waals surface area (Å²) in [6, 6.07) is 19.8. The molecule has 1 aromatic heterocycles. The summed E-state index contributed by atoms with van der Waals surface area (Å²) in [6.07, 6.45) is 7.88. The van der Waals surface area contributed by atoms with Crippen LogP contribution in [0.2, 0.25) is 0 Å². The van der Waals surface area contributed by atoms with Gasteiger partial charge in [0.05, 0.1) is 17.0 Å². The summed E-state index contributed by atoms with van der Waals surface area (Å²) >= 11 is 0. The second kappa shape index (κ2) is 9.21. The summed E-state index contributed by atoms with van der Waals surface area (Å²) in [4.78, 5) is 28.9. The van der Waals surface area contributed by atoms with Crippen LogP contribution in [0.1, 0.15) is 40.2 Å². The van der Waals surface area contributed by atoms with E-state index in [1.807, 2.05) is 42.5 Å². The number of para-hydroxylation sites is 1. The average molecular weight is 494 g/mol. The Kier molecular flexibility index (Phi) is 5.72. The SMILES string of the molecule is CC1C=CC=CC1Oc1cccc(C2c3c(oc4ccccc4c3=O)C(=O)N2Cc2ccccc2F)c1. The number of amides is 1. The lowest BCUT2D eigenvalue weighted by Crippen LogP contribution is -2.29. The number of fused-ring (bicyclic) bond motifs is 2. The van der Waals surface area contributed by atoms with Crippen LogP contribution in [0.5, 0.6) is 5.75 Å². The van der Waals surface area contributed by atoms with Crippen LogP contribution >= 0.6 is 0 Å². The fourth-order valence-electron chi connectivity index (χ4n) is 5.05. The predicted molar refractivity (Wildman–Crippen MR) is 139 cm³/mol. The largest absolute Gasteiger partial charge is 0.486 e. The predicted octanol–water partition coefficient (Wildman–Crippen LogP) is 6.19. The van der Waals surface area contributed by atoms with E-state index in [1.54, 1.807) is 42.5 Å². The first-order valence-electron chi connectivity index (χ1n) is 12.2. The zero-order chi connectivity index (χ0) is 25.5. The summed E-state index contributed by atoms with van der Waals surface area (Å²) in [6.45, 7) is 2.06. The third-order valence-corrected chi connectivity index (χ3v) is 6.96. The molecule has 5 nitrogen and oxygen atoms in total. The van der Waals surface area contributed by atoms with Crippen molar-refractivity contribution in [2.24, 2.45) is 5.92 Å². The molecule has 184 valence electrons. The summed E-state index contributed by atoms with van der Waals surface area (Å²) in [5.41, 5.74) is 1.37. The van der Waals surface area contributed by atoms with Gasteiger partial charge in [-0.3, -0.25) is 9.59 Å². The molecule has 1 amide bonds. The maximum absolute atomic E-state index is 14.6. The van der Waals surface area contributed by atoms with Gasteiger partial charge in [0.2, 0.25) is 5.76 Å². The van der Waals surface area contributed by atoms with Crippen molar-refractivity contribution in [3.05, 3.63) is 136 Å². The van der Waals surface area contributed by atoms with Gasteiger partial charge < -0.3 is 14.1 Å². The lowest BCUT2D eigenvalue weighted by atomic mass is 9.97. The van der Waals surface area contributed by atoms with E-state index in [4.69, 9.17) is 9.15 Å². The van der Waals surface area contributed by atoms with Crippen LogP contribution < -0.4 is 10.2 Å². The molecule has 0 saturated carbocycles. The summed E-state index contributed by atoms with van der Waals surface area (Å²) in [5, 5.41) is 0.396. The van der Waals surface area contributed by atoms with E-state index in [-0.39, 0.29) is 35.3 Å². The Morgan fingerprint density at radius 3 is 2.57 bits per heavy atom. The van der Waals surface area contributed by atoms with Crippen LogP contribution in [-0.4, -0.2) is 16.9 Å². The Morgan fingerprint density at radius 2 is 1.73 bits per heavy atom. The van der Waals surface area contributed by atoms with Gasteiger partial charge in [-0.1, -0.05) is 67.6 Å². The number of carbonyl (C=O) groups excluding carboxylic acids is 1. The molecule has 3 unspecified atom stereocenters. The molecule has 1 aliphatic heterocycles. The number of halogens is 1. The molecule has 6 heteroatoms. The summed E-state index contributed by atoms with van der Waals surface area (Å²) in [5.74, 6) is -0.0704. The monoisotopic (exact) mass is 493 g/mol. The van der Waals surface area contributed by atoms with Crippen LogP contribution in [-0.2, 0) is 6.54 Å². The molecule has 0 fully saturated rings. The number of nitrogens with zero attached hydrogens (tertiary/aromatic N) is 1. The first-order valence-corrected chi connectivity index (χ1v) is 12.2. The molecule has 37 heavy (non-hydrogen) atoms. The fourth-order valence-corrected chi connectivity index (χ4v) is 5.05. The van der Waals surface area contributed by atoms with E-state index < -0.39 is 17.8 Å². The van der Waals surface area contributed by atoms with Crippen LogP contribution in [0.15, 0.2) is 106 Å². The van der Waals surface area contributed by atoms with Gasteiger partial charge in [0, 0.05) is 18.0 Å². The smallest absolute Gasteiger partial charge is 0.291 e. The van der Waals surface area contributed by atoms with Crippen molar-refractivity contribution in [2.75, 3.05) is 0 Å². The second-order valence-electron chi connectivity index (χ2n) is 9.38. The highest BCUT2D eigenvalue weighted by Crippen LogP contribution is 2.40. The number of hydrogen-bond acceptors (Lipinski definition) is 4. The highest BCUT2D eigenvalue weighted by atomic mass is 19.1. The van der Waals surface area contributed by atoms with Gasteiger partial charge in [-0.2, -0.15) is 0 Å². The van der Waals surface area contributed by atoms with Crippen LogP contribution in [0.25, 0.3) is 11.0 Å². The first-order chi connectivity index (χ1) is 18.0. The lowest BCUT2D eigenvalue weighted by Gasteiger charge is -2.26. The number of hydrogen-bond donors (Lipinski definition) is 0. The number of ether oxygens (including phenoxy) is 1. The highest BCUT2D eigenvalue weighted by molar-refractivity contribution is 5.99. The number of allylic oxidation sites excluding steroid dienone is 2. The molecule has 0 saturated heterocycles. The minimum atomic E-state index is -0.759. The topological polar surface area (TPSA) is 59.8 Å². The second-order valence-corrected chi connectivity index (χ2v) is 9.38. The van der Waals surface area contributed by atoms with Crippen molar-refractivity contribution in [1.82, 2.24) is 4.90 Å². The van der Waals surface area contributed by atoms with Gasteiger partial charge in [-0.25, -0.2) is 4.39 Å². The van der Waals surface area contributed by atoms with Crippen molar-refractivity contribution >= 4 is 16.9 Å². The van der Waals surface area contributed by atoms with E-state index in [2.05, 4.69) is 13.0 Å². The molecule has 2 aliphatic rings. The molecule has 0 bridgehead atoms. The molecule has 6 rings (SSSR count). The van der Waals surface area contributed by atoms with E-state index >= 15 is 0 Å². The molecule has 2 heterocycles. The van der Waals surface area contributed by atoms with Gasteiger partial charge in [0.1, 0.15) is 23.3 Å². The van der Waals surface area contributed by atoms with Gasteiger partial charge >= 0.3 is 0 Å². The van der Waals surface area contributed by atoms with Crippen molar-refractivity contribution in [3.63, 3.8) is 0 Å². The minimum absolute atomic E-state index is 0.00895. The average Bonchev–Trinajstić information content (AvgIpc) is 3.18. The normalized spacial score (nSPS) is 20.4. The third kappa shape index (κ3) is 4.04. The minimum Gasteiger partial charge on any atom is -0.486 e. The van der Waals surface area contributed by atoms with Crippen molar-refractivity contribution in [2.45, 2.75) is 25.6 Å². The Bertz CT molecular complexity index is 1640. The molecule has 0 radical (unpaired) electrons. The highest BCUT2D eigenvalue weighted by Gasteiger charge is 2.43. The lowest BCUT2D eigenvalue weighted by molar-refractivity contribution is 0.0712. The van der Waals surface area contributed by atoms with Crippen LogP contribution in [0, 0.1) is 11.7 Å². The third-order valence-electron chi connectivity index (χ3n) is 6.96. The quantitative estimate of drug-likeness (QED) is 0.333. The summed E-state index contributed by atoms with van der Waals surface area (Å²) in [7, 11) is 0. The van der Waals surface area contributed by atoms with E-state index in [1.165, 1.54) is 11.0 Å². The maximum Gasteiger partial charge on any atom is 0.291 e. The van der Waals surface area contributed by atoms with Gasteiger partial charge in [-0.05, 0) is 42.0 Å². The Balaban J connectivity index is 1.47. The van der Waals surface area contributed by atoms with E-state index in [9.17, 15) is 14.0 Å². The van der Waals surface area contributed by atoms with Gasteiger partial charge in [0.15, 0.2) is 5.43 Å². The van der Waals surface area contributed by atoms with Crippen molar-refractivity contribution in [3.8, 4) is 5.75 Å². The molecule has 0 spiro atoms. The fraction of sp³-hybridized carbons (Fsp3) is 0.161. The Morgan fingerprint density at radius 1 is 0.946 bits per heavy atom. The number of rotatable bonds is 5. The van der Waals surface area contributed by atoms with Gasteiger partial charge in [0.25, 0.3) is 5.91 Å². The molecular weight excluding hydrogens is 469 g/mol. The molecule has 4 aromatic rings. The molecule has 3 aromatic carbocycles. The maximum atomic E-state index is 14.6. The Hall–Kier alpha value is -4.45. The molecular formula is C31H24FNO4. The van der Waals surface area contributed by atoms with Crippen molar-refractivity contribution in [1.29, 1.82) is 0 Å². The first kappa shape index (κ1) is 23.0. The molecule has 3 atom stereocenters. The molecule has 1 aliphatic carbocycles. The Labute approximate surface area is 213 Å². The van der Waals surface area contributed by atoms with E-state index in [0.717, 1.165) is 0 Å².